The van der Waals surface area contributed by atoms with Crippen LogP contribution in [-0.2, 0) is 19.8 Å². The fraction of sp³-hybridized carbons (Fsp3) is 0.526. The van der Waals surface area contributed by atoms with Crippen molar-refractivity contribution in [3.63, 3.8) is 0 Å². The molecule has 0 unspecified atom stereocenters. The summed E-state index contributed by atoms with van der Waals surface area (Å²) in [6.07, 6.45) is 0.863. The van der Waals surface area contributed by atoms with Crippen LogP contribution in [0.2, 0.25) is 0 Å². The summed E-state index contributed by atoms with van der Waals surface area (Å²) < 4.78 is 0. The van der Waals surface area contributed by atoms with Gasteiger partial charge in [0, 0.05) is 12.2 Å². The zero-order valence-corrected chi connectivity index (χ0v) is 15.4. The van der Waals surface area contributed by atoms with E-state index in [2.05, 4.69) is 10.6 Å². The Morgan fingerprint density at radius 2 is 2.08 bits per heavy atom. The predicted octanol–water partition coefficient (Wildman–Crippen LogP) is 0.597. The van der Waals surface area contributed by atoms with Gasteiger partial charge in [0.15, 0.2) is 0 Å². The molecule has 0 aliphatic carbocycles. The molecule has 1 fully saturated rings. The number of anilines is 1. The molecule has 1 aromatic rings. The first-order valence-corrected chi connectivity index (χ1v) is 8.98. The molecule has 2 aliphatic heterocycles. The quantitative estimate of drug-likeness (QED) is 0.717. The summed E-state index contributed by atoms with van der Waals surface area (Å²) in [6.45, 7) is 4.24. The Kier molecular flexibility index (Phi) is 4.75. The number of primary amides is 1. The first-order chi connectivity index (χ1) is 12.3. The summed E-state index contributed by atoms with van der Waals surface area (Å²) in [4.78, 5) is 39.5. The number of hydrogen-bond donors (Lipinski definition) is 3. The molecule has 3 rings (SSSR count). The van der Waals surface area contributed by atoms with Gasteiger partial charge in [0.2, 0.25) is 17.7 Å². The van der Waals surface area contributed by atoms with Gasteiger partial charge in [-0.15, -0.1) is 0 Å². The van der Waals surface area contributed by atoms with E-state index in [1.54, 1.807) is 7.05 Å². The fourth-order valence-corrected chi connectivity index (χ4v) is 4.14. The maximum absolute atomic E-state index is 13.1. The van der Waals surface area contributed by atoms with E-state index in [4.69, 9.17) is 5.73 Å². The van der Waals surface area contributed by atoms with Gasteiger partial charge in [-0.25, -0.2) is 0 Å². The normalized spacial score (nSPS) is 25.5. The number of benzene rings is 1. The average molecular weight is 358 g/mol. The van der Waals surface area contributed by atoms with Crippen LogP contribution in [-0.4, -0.2) is 48.3 Å². The molecule has 4 N–H and O–H groups in total. The van der Waals surface area contributed by atoms with Gasteiger partial charge < -0.3 is 21.3 Å². The number of fused-ring (bicyclic) bond motifs is 2. The Balaban J connectivity index is 1.96. The number of nitrogens with zero attached hydrogens (tertiary/aromatic N) is 1. The van der Waals surface area contributed by atoms with E-state index in [1.165, 1.54) is 4.90 Å². The van der Waals surface area contributed by atoms with Crippen LogP contribution < -0.4 is 16.4 Å². The summed E-state index contributed by atoms with van der Waals surface area (Å²) in [7, 11) is 1.73. The summed E-state index contributed by atoms with van der Waals surface area (Å²) in [5.41, 5.74) is 6.25. The molecule has 26 heavy (non-hydrogen) atoms. The number of nitrogens with two attached hydrogens (primary N) is 1. The van der Waals surface area contributed by atoms with E-state index >= 15 is 0 Å². The number of hydrogen-bond acceptors (Lipinski definition) is 4. The Morgan fingerprint density at radius 3 is 2.69 bits per heavy atom. The van der Waals surface area contributed by atoms with Gasteiger partial charge in [0.25, 0.3) is 0 Å². The van der Waals surface area contributed by atoms with Crippen LogP contribution in [0.4, 0.5) is 5.69 Å². The van der Waals surface area contributed by atoms with Crippen LogP contribution in [0.1, 0.15) is 32.3 Å². The SMILES string of the molecule is CN[C@@H](CC(C)C)C(=O)N1C[C@]2(C[C@H]1C(N)=O)C(=O)Nc1ccccc12. The Labute approximate surface area is 153 Å². The lowest BCUT2D eigenvalue weighted by molar-refractivity contribution is -0.139. The van der Waals surface area contributed by atoms with E-state index in [-0.39, 0.29) is 24.8 Å². The molecule has 0 aromatic heterocycles. The Morgan fingerprint density at radius 1 is 1.38 bits per heavy atom. The van der Waals surface area contributed by atoms with Crippen LogP contribution in [0, 0.1) is 5.92 Å². The monoisotopic (exact) mass is 358 g/mol. The smallest absolute Gasteiger partial charge is 0.240 e. The molecular formula is C19H26N4O3. The topological polar surface area (TPSA) is 105 Å². The van der Waals surface area contributed by atoms with Gasteiger partial charge in [-0.3, -0.25) is 14.4 Å². The molecule has 1 saturated heterocycles. The third-order valence-electron chi connectivity index (χ3n) is 5.45. The van der Waals surface area contributed by atoms with Gasteiger partial charge in [-0.2, -0.15) is 0 Å². The average Bonchev–Trinajstić information content (AvgIpc) is 3.13. The first kappa shape index (κ1) is 18.4. The fourth-order valence-electron chi connectivity index (χ4n) is 4.14. The number of amides is 3. The highest BCUT2D eigenvalue weighted by molar-refractivity contribution is 6.08. The van der Waals surface area contributed by atoms with Crippen LogP contribution >= 0.6 is 0 Å². The number of para-hydroxylation sites is 1. The van der Waals surface area contributed by atoms with Crippen molar-refractivity contribution in [2.24, 2.45) is 11.7 Å². The van der Waals surface area contributed by atoms with E-state index < -0.39 is 23.4 Å². The van der Waals surface area contributed by atoms with Crippen molar-refractivity contribution in [1.29, 1.82) is 0 Å². The van der Waals surface area contributed by atoms with E-state index in [0.717, 1.165) is 11.3 Å². The summed E-state index contributed by atoms with van der Waals surface area (Å²) in [5, 5.41) is 5.91. The molecule has 2 heterocycles. The second-order valence-corrected chi connectivity index (χ2v) is 7.64. The lowest BCUT2D eigenvalue weighted by Gasteiger charge is -2.28. The minimum Gasteiger partial charge on any atom is -0.368 e. The molecule has 1 spiro atoms. The van der Waals surface area contributed by atoms with Crippen molar-refractivity contribution >= 4 is 23.4 Å². The molecule has 140 valence electrons. The summed E-state index contributed by atoms with van der Waals surface area (Å²) >= 11 is 0. The Bertz CT molecular complexity index is 748. The molecule has 7 heteroatoms. The van der Waals surface area contributed by atoms with Gasteiger partial charge in [0.05, 0.1) is 11.5 Å². The summed E-state index contributed by atoms with van der Waals surface area (Å²) in [5.74, 6) is -0.619. The number of carbonyl (C=O) groups is 3. The number of nitrogens with one attached hydrogen (secondary N) is 2. The molecular weight excluding hydrogens is 332 g/mol. The molecule has 2 aliphatic rings. The van der Waals surface area contributed by atoms with Crippen LogP contribution in [0.5, 0.6) is 0 Å². The van der Waals surface area contributed by atoms with E-state index in [9.17, 15) is 14.4 Å². The van der Waals surface area contributed by atoms with Gasteiger partial charge >= 0.3 is 0 Å². The zero-order chi connectivity index (χ0) is 19.1. The van der Waals surface area contributed by atoms with Crippen molar-refractivity contribution < 1.29 is 14.4 Å². The second kappa shape index (κ2) is 6.72. The third kappa shape index (κ3) is 2.86. The summed E-state index contributed by atoms with van der Waals surface area (Å²) in [6, 6.07) is 6.22. The standard InChI is InChI=1S/C19H26N4O3/c1-11(2)8-14(21-3)17(25)23-10-19(9-15(23)16(20)24)12-6-4-5-7-13(12)22-18(19)26/h4-7,11,14-15,21H,8-10H2,1-3H3,(H2,20,24)(H,22,26)/t14-,15-,19-/m0/s1. The predicted molar refractivity (Wildman–Crippen MR) is 98.4 cm³/mol. The van der Waals surface area contributed by atoms with Crippen molar-refractivity contribution in [3.8, 4) is 0 Å². The Hall–Kier alpha value is -2.41. The maximum Gasteiger partial charge on any atom is 0.240 e. The van der Waals surface area contributed by atoms with Crippen LogP contribution in [0.3, 0.4) is 0 Å². The zero-order valence-electron chi connectivity index (χ0n) is 15.4. The number of likely N-dealkylation sites (tertiary alicyclic amines) is 1. The molecule has 0 radical (unpaired) electrons. The van der Waals surface area contributed by atoms with Gasteiger partial charge in [-0.05, 0) is 37.4 Å². The molecule has 0 bridgehead atoms. The van der Waals surface area contributed by atoms with E-state index in [1.807, 2.05) is 38.1 Å². The van der Waals surface area contributed by atoms with Crippen molar-refractivity contribution in [1.82, 2.24) is 10.2 Å². The second-order valence-electron chi connectivity index (χ2n) is 7.64. The number of likely N-dealkylation sites (N-methyl/N-ethyl adjacent to an activating group) is 1. The highest BCUT2D eigenvalue weighted by Crippen LogP contribution is 2.46. The van der Waals surface area contributed by atoms with Gasteiger partial charge in [0.1, 0.15) is 6.04 Å². The number of carbonyl (C=O) groups excluding carboxylic acids is 3. The molecule has 3 amide bonds. The molecule has 3 atom stereocenters. The lowest BCUT2D eigenvalue weighted by Crippen LogP contribution is -2.51. The molecule has 7 nitrogen and oxygen atoms in total. The van der Waals surface area contributed by atoms with Crippen LogP contribution in [0.15, 0.2) is 24.3 Å². The van der Waals surface area contributed by atoms with Gasteiger partial charge in [-0.1, -0.05) is 32.0 Å². The molecule has 0 saturated carbocycles. The largest absolute Gasteiger partial charge is 0.368 e. The van der Waals surface area contributed by atoms with Crippen LogP contribution in [0.25, 0.3) is 0 Å². The third-order valence-corrected chi connectivity index (χ3v) is 5.45. The highest BCUT2D eigenvalue weighted by Gasteiger charge is 2.57. The van der Waals surface area contributed by atoms with Crippen molar-refractivity contribution in [2.45, 2.75) is 44.2 Å². The molecule has 1 aromatic carbocycles. The van der Waals surface area contributed by atoms with E-state index in [0.29, 0.717) is 12.3 Å². The maximum atomic E-state index is 13.1. The first-order valence-electron chi connectivity index (χ1n) is 8.98. The van der Waals surface area contributed by atoms with Crippen molar-refractivity contribution in [2.75, 3.05) is 18.9 Å². The lowest BCUT2D eigenvalue weighted by atomic mass is 9.79. The highest BCUT2D eigenvalue weighted by atomic mass is 16.2. The number of rotatable bonds is 5. The minimum atomic E-state index is -0.915. The minimum absolute atomic E-state index is 0.165. The van der Waals surface area contributed by atoms with Crippen molar-refractivity contribution in [3.05, 3.63) is 29.8 Å².